The van der Waals surface area contributed by atoms with Crippen LogP contribution in [0.3, 0.4) is 0 Å². The van der Waals surface area contributed by atoms with Crippen molar-refractivity contribution < 1.29 is 9.32 Å². The summed E-state index contributed by atoms with van der Waals surface area (Å²) >= 11 is 0. The van der Waals surface area contributed by atoms with Crippen molar-refractivity contribution in [2.24, 2.45) is 0 Å². The van der Waals surface area contributed by atoms with Crippen molar-refractivity contribution in [1.82, 2.24) is 15.4 Å². The van der Waals surface area contributed by atoms with E-state index in [1.807, 2.05) is 4.90 Å². The number of halogens is 1. The van der Waals surface area contributed by atoms with E-state index in [1.54, 1.807) is 6.07 Å². The summed E-state index contributed by atoms with van der Waals surface area (Å²) in [6.45, 7) is 1.59. The largest absolute Gasteiger partial charge is 0.364 e. The van der Waals surface area contributed by atoms with Crippen molar-refractivity contribution >= 4 is 18.3 Å². The topological polar surface area (TPSA) is 58.4 Å². The molecule has 3 heterocycles. The van der Waals surface area contributed by atoms with Gasteiger partial charge in [0.2, 0.25) is 0 Å². The Balaban J connectivity index is 0.00000108. The SMILES string of the molecule is Cl.O=C(c1ccon1)N1CC2CCCC(C1)N2. The van der Waals surface area contributed by atoms with Gasteiger partial charge in [-0.05, 0) is 12.8 Å². The maximum atomic E-state index is 12.1. The molecule has 2 saturated heterocycles. The maximum absolute atomic E-state index is 12.1. The number of nitrogens with one attached hydrogen (secondary N) is 1. The first-order valence-electron chi connectivity index (χ1n) is 5.78. The quantitative estimate of drug-likeness (QED) is 0.818. The van der Waals surface area contributed by atoms with E-state index < -0.39 is 0 Å². The van der Waals surface area contributed by atoms with Gasteiger partial charge in [-0.2, -0.15) is 0 Å². The lowest BCUT2D eigenvalue weighted by atomic mass is 9.94. The van der Waals surface area contributed by atoms with Crippen molar-refractivity contribution in [3.63, 3.8) is 0 Å². The molecule has 2 fully saturated rings. The Morgan fingerprint density at radius 3 is 2.71 bits per heavy atom. The first kappa shape index (κ1) is 12.4. The average Bonchev–Trinajstić information content (AvgIpc) is 2.81. The molecule has 3 rings (SSSR count). The number of aromatic nitrogens is 1. The molecule has 1 aromatic heterocycles. The van der Waals surface area contributed by atoms with E-state index in [-0.39, 0.29) is 18.3 Å². The number of carbonyl (C=O) groups excluding carboxylic acids is 1. The van der Waals surface area contributed by atoms with Crippen LogP contribution in [0, 0.1) is 0 Å². The number of piperazine rings is 1. The van der Waals surface area contributed by atoms with Gasteiger partial charge in [-0.3, -0.25) is 4.79 Å². The highest BCUT2D eigenvalue weighted by Crippen LogP contribution is 2.20. The highest BCUT2D eigenvalue weighted by Gasteiger charge is 2.32. The molecule has 2 bridgehead atoms. The number of amides is 1. The van der Waals surface area contributed by atoms with Crippen LogP contribution in [0.15, 0.2) is 16.9 Å². The zero-order valence-electron chi connectivity index (χ0n) is 9.46. The van der Waals surface area contributed by atoms with Crippen LogP contribution in [0.2, 0.25) is 0 Å². The molecule has 5 nitrogen and oxygen atoms in total. The van der Waals surface area contributed by atoms with E-state index in [0.717, 1.165) is 13.1 Å². The molecule has 2 aliphatic rings. The molecule has 0 aliphatic carbocycles. The number of piperidine rings is 1. The molecule has 1 N–H and O–H groups in total. The molecule has 2 atom stereocenters. The van der Waals surface area contributed by atoms with E-state index in [4.69, 9.17) is 4.52 Å². The highest BCUT2D eigenvalue weighted by atomic mass is 35.5. The van der Waals surface area contributed by atoms with Gasteiger partial charge in [0.05, 0.1) is 0 Å². The minimum absolute atomic E-state index is 0. The minimum atomic E-state index is -0.00727. The molecule has 6 heteroatoms. The van der Waals surface area contributed by atoms with Gasteiger partial charge in [-0.1, -0.05) is 11.6 Å². The summed E-state index contributed by atoms with van der Waals surface area (Å²) in [4.78, 5) is 14.0. The first-order valence-corrected chi connectivity index (χ1v) is 5.78. The predicted molar refractivity (Wildman–Crippen MR) is 64.2 cm³/mol. The van der Waals surface area contributed by atoms with Crippen LogP contribution in [0.25, 0.3) is 0 Å². The second kappa shape index (κ2) is 5.06. The lowest BCUT2D eigenvalue weighted by molar-refractivity contribution is 0.0598. The van der Waals surface area contributed by atoms with Crippen LogP contribution in [-0.4, -0.2) is 41.1 Å². The van der Waals surface area contributed by atoms with E-state index in [2.05, 4.69) is 10.5 Å². The molecule has 2 unspecified atom stereocenters. The van der Waals surface area contributed by atoms with Crippen LogP contribution in [0.4, 0.5) is 0 Å². The average molecular weight is 258 g/mol. The van der Waals surface area contributed by atoms with Gasteiger partial charge in [0.1, 0.15) is 6.26 Å². The van der Waals surface area contributed by atoms with Crippen LogP contribution in [0.5, 0.6) is 0 Å². The van der Waals surface area contributed by atoms with Gasteiger partial charge in [-0.25, -0.2) is 0 Å². The third-order valence-electron chi connectivity index (χ3n) is 3.40. The number of nitrogens with zero attached hydrogens (tertiary/aromatic N) is 2. The summed E-state index contributed by atoms with van der Waals surface area (Å²) in [5, 5.41) is 7.24. The number of hydrogen-bond acceptors (Lipinski definition) is 4. The third kappa shape index (κ3) is 2.45. The Labute approximate surface area is 106 Å². The summed E-state index contributed by atoms with van der Waals surface area (Å²) in [6, 6.07) is 2.55. The lowest BCUT2D eigenvalue weighted by Gasteiger charge is -2.42. The monoisotopic (exact) mass is 257 g/mol. The van der Waals surface area contributed by atoms with E-state index in [1.165, 1.54) is 25.5 Å². The van der Waals surface area contributed by atoms with Crippen molar-refractivity contribution in [3.05, 3.63) is 18.0 Å². The summed E-state index contributed by atoms with van der Waals surface area (Å²) < 4.78 is 4.71. The summed E-state index contributed by atoms with van der Waals surface area (Å²) in [5.74, 6) is -0.00727. The third-order valence-corrected chi connectivity index (χ3v) is 3.40. The van der Waals surface area contributed by atoms with Crippen molar-refractivity contribution in [1.29, 1.82) is 0 Å². The maximum Gasteiger partial charge on any atom is 0.276 e. The Kier molecular flexibility index (Phi) is 3.69. The molecule has 0 spiro atoms. The van der Waals surface area contributed by atoms with Gasteiger partial charge in [0.25, 0.3) is 5.91 Å². The van der Waals surface area contributed by atoms with Crippen molar-refractivity contribution in [3.8, 4) is 0 Å². The smallest absolute Gasteiger partial charge is 0.276 e. The first-order chi connectivity index (χ1) is 7.83. The molecule has 2 aliphatic heterocycles. The zero-order valence-corrected chi connectivity index (χ0v) is 10.3. The molecule has 0 radical (unpaired) electrons. The van der Waals surface area contributed by atoms with Crippen LogP contribution in [0.1, 0.15) is 29.8 Å². The minimum Gasteiger partial charge on any atom is -0.364 e. The van der Waals surface area contributed by atoms with Gasteiger partial charge < -0.3 is 14.7 Å². The number of carbonyl (C=O) groups is 1. The fraction of sp³-hybridized carbons (Fsp3) is 0.636. The second-order valence-corrected chi connectivity index (χ2v) is 4.59. The Hall–Kier alpha value is -1.07. The van der Waals surface area contributed by atoms with Gasteiger partial charge in [0, 0.05) is 31.2 Å². The molecule has 0 saturated carbocycles. The van der Waals surface area contributed by atoms with Crippen molar-refractivity contribution in [2.45, 2.75) is 31.3 Å². The Morgan fingerprint density at radius 2 is 2.12 bits per heavy atom. The predicted octanol–water partition coefficient (Wildman–Crippen LogP) is 1.06. The molecule has 1 aromatic rings. The van der Waals surface area contributed by atoms with Crippen LogP contribution < -0.4 is 5.32 Å². The van der Waals surface area contributed by atoms with Crippen LogP contribution >= 0.6 is 12.4 Å². The number of fused-ring (bicyclic) bond motifs is 2. The van der Waals surface area contributed by atoms with Crippen LogP contribution in [-0.2, 0) is 0 Å². The molecule has 0 aromatic carbocycles. The highest BCUT2D eigenvalue weighted by molar-refractivity contribution is 5.92. The number of hydrogen-bond donors (Lipinski definition) is 1. The van der Waals surface area contributed by atoms with Gasteiger partial charge in [0.15, 0.2) is 5.69 Å². The zero-order chi connectivity index (χ0) is 11.0. The fourth-order valence-electron chi connectivity index (χ4n) is 2.66. The lowest BCUT2D eigenvalue weighted by Crippen LogP contribution is -2.59. The van der Waals surface area contributed by atoms with Crippen molar-refractivity contribution in [2.75, 3.05) is 13.1 Å². The fourth-order valence-corrected chi connectivity index (χ4v) is 2.66. The molecular weight excluding hydrogens is 242 g/mol. The molecular formula is C11H16ClN3O2. The Bertz CT molecular complexity index is 370. The summed E-state index contributed by atoms with van der Waals surface area (Å²) in [5.41, 5.74) is 0.417. The van der Waals surface area contributed by atoms with E-state index >= 15 is 0 Å². The second-order valence-electron chi connectivity index (χ2n) is 4.59. The Morgan fingerprint density at radius 1 is 1.41 bits per heavy atom. The molecule has 94 valence electrons. The number of rotatable bonds is 1. The molecule has 17 heavy (non-hydrogen) atoms. The van der Waals surface area contributed by atoms with Gasteiger partial charge in [-0.15, -0.1) is 12.4 Å². The normalized spacial score (nSPS) is 27.4. The summed E-state index contributed by atoms with van der Waals surface area (Å²) in [6.07, 6.45) is 5.04. The standard InChI is InChI=1S/C11H15N3O2.ClH/c15-11(10-4-5-16-13-10)14-6-8-2-1-3-9(7-14)12-8;/h4-5,8-9,12H,1-3,6-7H2;1H. The molecule has 1 amide bonds. The number of likely N-dealkylation sites (tertiary alicyclic amines) is 1. The van der Waals surface area contributed by atoms with E-state index in [9.17, 15) is 4.79 Å². The van der Waals surface area contributed by atoms with E-state index in [0.29, 0.717) is 17.8 Å². The van der Waals surface area contributed by atoms with Gasteiger partial charge >= 0.3 is 0 Å². The summed E-state index contributed by atoms with van der Waals surface area (Å²) in [7, 11) is 0.